The van der Waals surface area contributed by atoms with Crippen LogP contribution in [0, 0.1) is 6.92 Å². The third-order valence-corrected chi connectivity index (χ3v) is 11.4. The van der Waals surface area contributed by atoms with E-state index in [1.165, 1.54) is 181 Å². The monoisotopic (exact) mass is 1140 g/mol. The molecular formula is C69H140N2O9. The maximum Gasteiger partial charge on any atom is 0.305 e. The Kier molecular flexibility index (Phi) is 105. The van der Waals surface area contributed by atoms with E-state index in [9.17, 15) is 24.0 Å². The van der Waals surface area contributed by atoms with Gasteiger partial charge in [0.15, 0.2) is 0 Å². The lowest BCUT2D eigenvalue weighted by Crippen LogP contribution is -2.27. The molecule has 0 radical (unpaired) electrons. The van der Waals surface area contributed by atoms with E-state index in [4.69, 9.17) is 14.2 Å². The summed E-state index contributed by atoms with van der Waals surface area (Å²) in [5, 5.41) is 0. The number of ether oxygens (including phenoxy) is 4. The molecule has 2 fully saturated rings. The Morgan fingerprint density at radius 2 is 0.887 bits per heavy atom. The number of esters is 2. The van der Waals surface area contributed by atoms with Crippen molar-refractivity contribution >= 4 is 29.4 Å². The first-order valence-corrected chi connectivity index (χ1v) is 32.8. The zero-order valence-corrected chi connectivity index (χ0v) is 57.0. The first-order chi connectivity index (χ1) is 38.4. The zero-order valence-electron chi connectivity index (χ0n) is 57.0. The summed E-state index contributed by atoms with van der Waals surface area (Å²) in [6, 6.07) is 10.3. The second-order valence-corrected chi connectivity index (χ2v) is 20.4. The van der Waals surface area contributed by atoms with Crippen LogP contribution in [0.2, 0.25) is 0 Å². The van der Waals surface area contributed by atoms with E-state index < -0.39 is 0 Å². The number of carbonyl (C=O) groups is 5. The molecule has 3 rings (SSSR count). The second kappa shape index (κ2) is 89.6. The molecule has 0 aromatic heterocycles. The zero-order chi connectivity index (χ0) is 62.6. The van der Waals surface area contributed by atoms with Crippen LogP contribution in [0.4, 0.5) is 0 Å². The highest BCUT2D eigenvalue weighted by Gasteiger charge is 2.14. The van der Waals surface area contributed by atoms with Gasteiger partial charge < -0.3 is 38.3 Å². The lowest BCUT2D eigenvalue weighted by Gasteiger charge is -2.21. The molecule has 1 aromatic carbocycles. The van der Waals surface area contributed by atoms with Gasteiger partial charge in [-0.25, -0.2) is 0 Å². The van der Waals surface area contributed by atoms with Crippen molar-refractivity contribution in [2.24, 2.45) is 0 Å². The summed E-state index contributed by atoms with van der Waals surface area (Å²) in [4.78, 5) is 54.8. The van der Waals surface area contributed by atoms with Crippen molar-refractivity contribution in [2.75, 3.05) is 72.9 Å². The Bertz CT molecular complexity index is 1250. The number of benzene rings is 1. The van der Waals surface area contributed by atoms with Crippen molar-refractivity contribution in [1.82, 2.24) is 9.80 Å². The van der Waals surface area contributed by atoms with Crippen molar-refractivity contribution in [1.29, 1.82) is 0 Å². The topological polar surface area (TPSA) is 129 Å². The quantitative estimate of drug-likeness (QED) is 0.0542. The summed E-state index contributed by atoms with van der Waals surface area (Å²) < 4.78 is 19.6. The van der Waals surface area contributed by atoms with Crippen molar-refractivity contribution < 1.29 is 42.9 Å². The fourth-order valence-electron chi connectivity index (χ4n) is 6.01. The number of hydrogen-bond donors (Lipinski definition) is 0. The van der Waals surface area contributed by atoms with Crippen LogP contribution < -0.4 is 0 Å². The predicted octanol–water partition coefficient (Wildman–Crippen LogP) is 19.6. The molecule has 0 atom stereocenters. The first-order valence-electron chi connectivity index (χ1n) is 32.8. The van der Waals surface area contributed by atoms with E-state index >= 15 is 0 Å². The molecule has 2 aliphatic heterocycles. The Balaban J connectivity index is -0.000000121. The van der Waals surface area contributed by atoms with E-state index in [2.05, 4.69) is 105 Å². The molecule has 11 nitrogen and oxygen atoms in total. The number of unbranched alkanes of at least 4 members (excludes halogenated alkanes) is 14. The third-order valence-electron chi connectivity index (χ3n) is 11.4. The standard InChI is InChI=1S/C12H27N.C9H18O2.C8H18O.C7H8.C7H16.C6H14.C5H9NO.C4H8O2.2C4H8O.C3H6O/c1-4-7-10-13(11-8-5-2)12-9-6-3;1-3-5-7-9(10)11-8-6-4-2;1-3-5-7-9-8-6-4-2;1-7-5-3-2-4-6-7;1-3-5-7-6-4-2;1-3-5-6-4-2;1-6-4-2-3-5(6)7;1-3-6-4(2)5;1-2-4-5-3-1;1-3-4(2)5;1-3(2)4/h4-12H2,1-3H3;3-8H2,1-2H3;3-8H2,1-2H3;2-6H,1H3;3-7H2,1-2H3;3-6H2,1-2H3;2-4H2,1H3;3H2,1-2H3;1-4H2;3H2,1-2H3;1-2H3. The van der Waals surface area contributed by atoms with Gasteiger partial charge >= 0.3 is 11.9 Å². The number of carbonyl (C=O) groups excluding carboxylic acids is 5. The van der Waals surface area contributed by atoms with Crippen LogP contribution in [-0.2, 0) is 42.9 Å². The Morgan fingerprint density at radius 3 is 1.12 bits per heavy atom. The van der Waals surface area contributed by atoms with Crippen LogP contribution in [0.1, 0.15) is 309 Å². The number of nitrogens with zero attached hydrogens (tertiary/aromatic N) is 2. The average Bonchev–Trinajstić information content (AvgIpc) is 4.16. The molecule has 0 bridgehead atoms. The van der Waals surface area contributed by atoms with Gasteiger partial charge in [-0.1, -0.05) is 222 Å². The van der Waals surface area contributed by atoms with Crippen LogP contribution in [0.25, 0.3) is 0 Å². The number of hydrogen-bond acceptors (Lipinski definition) is 10. The Morgan fingerprint density at radius 1 is 0.512 bits per heavy atom. The smallest absolute Gasteiger partial charge is 0.305 e. The maximum atomic E-state index is 10.9. The SMILES string of the molecule is C1CCOC1.CC(C)=O.CCC(C)=O.CCCCCC.CCCCCCC.CCCCN(CCCC)CCCC.CCCCOC(=O)CCCC.CCCCOCCCC.CCOC(C)=O.CN1CCCC1=O.Cc1ccccc1. The number of aryl methyl sites for hydroxylation is 1. The van der Waals surface area contributed by atoms with E-state index in [0.29, 0.717) is 32.0 Å². The number of amides is 1. The molecule has 0 unspecified atom stereocenters. The van der Waals surface area contributed by atoms with E-state index in [1.54, 1.807) is 18.7 Å². The normalized spacial score (nSPS) is 11.2. The van der Waals surface area contributed by atoms with Crippen LogP contribution in [0.3, 0.4) is 0 Å². The summed E-state index contributed by atoms with van der Waals surface area (Å²) in [6.07, 6.45) is 35.2. The summed E-state index contributed by atoms with van der Waals surface area (Å²) in [6.45, 7) is 45.9. The summed E-state index contributed by atoms with van der Waals surface area (Å²) in [5.41, 5.74) is 1.32. The number of likely N-dealkylation sites (tertiary alicyclic amines) is 1. The molecule has 0 saturated carbocycles. The fourth-order valence-corrected chi connectivity index (χ4v) is 6.01. The van der Waals surface area contributed by atoms with Crippen molar-refractivity contribution in [3.8, 4) is 0 Å². The van der Waals surface area contributed by atoms with Crippen molar-refractivity contribution in [2.45, 2.75) is 311 Å². The minimum absolute atomic E-state index is 0.0414. The van der Waals surface area contributed by atoms with Crippen molar-refractivity contribution in [3.63, 3.8) is 0 Å². The summed E-state index contributed by atoms with van der Waals surface area (Å²) in [5.74, 6) is 0.461. The molecule has 2 saturated heterocycles. The lowest BCUT2D eigenvalue weighted by atomic mass is 10.2. The molecule has 11 heteroatoms. The number of ketones is 2. The van der Waals surface area contributed by atoms with Gasteiger partial charge in [0.1, 0.15) is 11.6 Å². The highest BCUT2D eigenvalue weighted by molar-refractivity contribution is 5.77. The van der Waals surface area contributed by atoms with Gasteiger partial charge in [0.2, 0.25) is 5.91 Å². The van der Waals surface area contributed by atoms with Gasteiger partial charge in [-0.05, 0) is 118 Å². The minimum Gasteiger partial charge on any atom is -0.466 e. The van der Waals surface area contributed by atoms with Gasteiger partial charge in [0, 0.05) is 66.2 Å². The Hall–Kier alpha value is -3.15. The van der Waals surface area contributed by atoms with E-state index in [0.717, 1.165) is 71.5 Å². The maximum absolute atomic E-state index is 10.9. The molecule has 2 heterocycles. The number of Topliss-reactive ketones (excluding diaryl/α,β-unsaturated/α-hetero) is 2. The van der Waals surface area contributed by atoms with Crippen molar-refractivity contribution in [3.05, 3.63) is 35.9 Å². The Labute approximate surface area is 499 Å². The van der Waals surface area contributed by atoms with E-state index in [-0.39, 0.29) is 23.5 Å². The third kappa shape index (κ3) is 118. The van der Waals surface area contributed by atoms with Crippen LogP contribution in [0.15, 0.2) is 30.3 Å². The van der Waals surface area contributed by atoms with Crippen LogP contribution in [0.5, 0.6) is 0 Å². The van der Waals surface area contributed by atoms with Crippen LogP contribution in [-0.4, -0.2) is 112 Å². The molecule has 0 spiro atoms. The molecule has 0 aliphatic carbocycles. The number of rotatable bonds is 30. The molecule has 1 aromatic rings. The van der Waals surface area contributed by atoms with E-state index in [1.807, 2.05) is 32.2 Å². The molecule has 0 N–H and O–H groups in total. The highest BCUT2D eigenvalue weighted by Crippen LogP contribution is 2.05. The summed E-state index contributed by atoms with van der Waals surface area (Å²) >= 11 is 0. The lowest BCUT2D eigenvalue weighted by molar-refractivity contribution is -0.144. The molecular weight excluding hydrogens is 1000 g/mol. The largest absolute Gasteiger partial charge is 0.466 e. The van der Waals surface area contributed by atoms with Gasteiger partial charge in [-0.3, -0.25) is 14.4 Å². The fraction of sp³-hybridized carbons (Fsp3) is 0.841. The van der Waals surface area contributed by atoms with Gasteiger partial charge in [-0.15, -0.1) is 0 Å². The molecule has 2 aliphatic rings. The molecule has 80 heavy (non-hydrogen) atoms. The second-order valence-electron chi connectivity index (χ2n) is 20.4. The molecule has 480 valence electrons. The first kappa shape index (κ1) is 93.3. The van der Waals surface area contributed by atoms with Gasteiger partial charge in [0.05, 0.1) is 13.2 Å². The van der Waals surface area contributed by atoms with Gasteiger partial charge in [-0.2, -0.15) is 0 Å². The summed E-state index contributed by atoms with van der Waals surface area (Å²) in [7, 11) is 1.84. The highest BCUT2D eigenvalue weighted by atomic mass is 16.5. The molecule has 1 amide bonds. The average molecular weight is 1140 g/mol. The van der Waals surface area contributed by atoms with Gasteiger partial charge in [0.25, 0.3) is 0 Å². The predicted molar refractivity (Wildman–Crippen MR) is 349 cm³/mol. The van der Waals surface area contributed by atoms with Crippen LogP contribution >= 0.6 is 0 Å². The minimum atomic E-state index is -0.211.